The molecule has 2 aromatic rings. The van der Waals surface area contributed by atoms with Gasteiger partial charge in [0.1, 0.15) is 5.75 Å². The van der Waals surface area contributed by atoms with Crippen molar-refractivity contribution in [1.29, 1.82) is 0 Å². The third-order valence-electron chi connectivity index (χ3n) is 2.27. The van der Waals surface area contributed by atoms with Crippen molar-refractivity contribution < 1.29 is 9.66 Å². The molecule has 0 N–H and O–H groups in total. The number of rotatable bonds is 6. The zero-order chi connectivity index (χ0) is 13.5. The fraction of sp³-hybridized carbons (Fsp3) is 0.154. The van der Waals surface area contributed by atoms with Crippen LogP contribution in [-0.4, -0.2) is 22.3 Å². The minimum atomic E-state index is -0.435. The lowest BCUT2D eigenvalue weighted by atomic mass is 10.3. The van der Waals surface area contributed by atoms with Crippen molar-refractivity contribution >= 4 is 17.4 Å². The Morgan fingerprint density at radius 3 is 2.89 bits per heavy atom. The van der Waals surface area contributed by atoms with Gasteiger partial charge in [-0.1, -0.05) is 12.1 Å². The smallest absolute Gasteiger partial charge is 0.273 e. The largest absolute Gasteiger partial charge is 0.492 e. The number of ether oxygens (including phenoxy) is 1. The van der Waals surface area contributed by atoms with Gasteiger partial charge in [-0.25, -0.2) is 4.98 Å². The van der Waals surface area contributed by atoms with Crippen molar-refractivity contribution in [2.75, 3.05) is 12.4 Å². The average Bonchev–Trinajstić information content (AvgIpc) is 2.45. The van der Waals surface area contributed by atoms with Gasteiger partial charge >= 0.3 is 0 Å². The van der Waals surface area contributed by atoms with Gasteiger partial charge in [0.05, 0.1) is 22.6 Å². The summed E-state index contributed by atoms with van der Waals surface area (Å²) in [6, 6.07) is 11.9. The number of pyridine rings is 1. The Bertz CT molecular complexity index is 549. The van der Waals surface area contributed by atoms with E-state index in [0.29, 0.717) is 12.4 Å². The van der Waals surface area contributed by atoms with Crippen LogP contribution in [0.25, 0.3) is 0 Å². The molecule has 0 aliphatic carbocycles. The molecule has 0 radical (unpaired) electrons. The molecule has 0 aliphatic heterocycles. The highest BCUT2D eigenvalue weighted by Gasteiger charge is 2.06. The highest BCUT2D eigenvalue weighted by atomic mass is 32.2. The van der Waals surface area contributed by atoms with Crippen LogP contribution in [0, 0.1) is 10.1 Å². The lowest BCUT2D eigenvalue weighted by molar-refractivity contribution is -0.384. The summed E-state index contributed by atoms with van der Waals surface area (Å²) in [4.78, 5) is 14.3. The molecule has 0 saturated heterocycles. The Morgan fingerprint density at radius 2 is 2.16 bits per heavy atom. The van der Waals surface area contributed by atoms with Crippen molar-refractivity contribution in [2.24, 2.45) is 0 Å². The quantitative estimate of drug-likeness (QED) is 0.351. The fourth-order valence-electron chi connectivity index (χ4n) is 1.43. The van der Waals surface area contributed by atoms with Crippen LogP contribution in [0.1, 0.15) is 0 Å². The molecule has 0 atom stereocenters. The van der Waals surface area contributed by atoms with Gasteiger partial charge in [0, 0.05) is 18.0 Å². The molecule has 0 spiro atoms. The first kappa shape index (κ1) is 13.4. The molecule has 1 aromatic heterocycles. The Labute approximate surface area is 114 Å². The number of thioether (sulfide) groups is 1. The number of hydrogen-bond acceptors (Lipinski definition) is 5. The molecule has 5 nitrogen and oxygen atoms in total. The lowest BCUT2D eigenvalue weighted by Crippen LogP contribution is -2.00. The van der Waals surface area contributed by atoms with Crippen molar-refractivity contribution in [3.05, 3.63) is 58.8 Å². The highest BCUT2D eigenvalue weighted by molar-refractivity contribution is 7.99. The van der Waals surface area contributed by atoms with E-state index >= 15 is 0 Å². The standard InChI is InChI=1S/C13H12N2O3S/c16-15(17)11-4-3-5-12(10-11)18-8-9-19-13-6-1-2-7-14-13/h1-7,10H,8-9H2. The van der Waals surface area contributed by atoms with Crippen molar-refractivity contribution in [3.8, 4) is 5.75 Å². The first-order valence-electron chi connectivity index (χ1n) is 5.67. The number of nitro groups is 1. The van der Waals surface area contributed by atoms with E-state index in [-0.39, 0.29) is 5.69 Å². The van der Waals surface area contributed by atoms with Crippen LogP contribution in [0.4, 0.5) is 5.69 Å². The van der Waals surface area contributed by atoms with E-state index in [1.165, 1.54) is 12.1 Å². The normalized spacial score (nSPS) is 10.1. The average molecular weight is 276 g/mol. The first-order valence-corrected chi connectivity index (χ1v) is 6.65. The van der Waals surface area contributed by atoms with Gasteiger partial charge in [-0.05, 0) is 18.2 Å². The van der Waals surface area contributed by atoms with E-state index in [9.17, 15) is 10.1 Å². The molecule has 0 aliphatic rings. The maximum atomic E-state index is 10.6. The second kappa shape index (κ2) is 6.75. The Hall–Kier alpha value is -2.08. The second-order valence-electron chi connectivity index (χ2n) is 3.62. The van der Waals surface area contributed by atoms with Gasteiger partial charge in [0.2, 0.25) is 0 Å². The van der Waals surface area contributed by atoms with Crippen LogP contribution in [0.3, 0.4) is 0 Å². The van der Waals surface area contributed by atoms with Crippen LogP contribution >= 0.6 is 11.8 Å². The van der Waals surface area contributed by atoms with Crippen LogP contribution in [0.5, 0.6) is 5.75 Å². The fourth-order valence-corrected chi connectivity index (χ4v) is 2.11. The lowest BCUT2D eigenvalue weighted by Gasteiger charge is -2.05. The summed E-state index contributed by atoms with van der Waals surface area (Å²) in [7, 11) is 0. The molecule has 0 saturated carbocycles. The van der Waals surface area contributed by atoms with Gasteiger partial charge in [-0.15, -0.1) is 11.8 Å². The number of nitrogens with zero attached hydrogens (tertiary/aromatic N) is 2. The predicted octanol–water partition coefficient (Wildman–Crippen LogP) is 3.16. The summed E-state index contributed by atoms with van der Waals surface area (Å²) < 4.78 is 5.47. The van der Waals surface area contributed by atoms with E-state index in [1.54, 1.807) is 30.1 Å². The molecule has 0 unspecified atom stereocenters. The van der Waals surface area contributed by atoms with E-state index in [2.05, 4.69) is 4.98 Å². The van der Waals surface area contributed by atoms with Gasteiger partial charge in [0.25, 0.3) is 5.69 Å². The molecule has 1 aromatic carbocycles. The molecular formula is C13H12N2O3S. The minimum Gasteiger partial charge on any atom is -0.492 e. The zero-order valence-corrected chi connectivity index (χ0v) is 10.9. The summed E-state index contributed by atoms with van der Waals surface area (Å²) in [5.41, 5.74) is 0.0369. The third kappa shape index (κ3) is 4.26. The van der Waals surface area contributed by atoms with Gasteiger partial charge in [0.15, 0.2) is 0 Å². The minimum absolute atomic E-state index is 0.0369. The monoisotopic (exact) mass is 276 g/mol. The number of nitro benzene ring substituents is 1. The molecular weight excluding hydrogens is 264 g/mol. The molecule has 0 fully saturated rings. The molecule has 0 amide bonds. The summed E-state index contributed by atoms with van der Waals surface area (Å²) in [5, 5.41) is 11.5. The van der Waals surface area contributed by atoms with Crippen LogP contribution in [-0.2, 0) is 0 Å². The SMILES string of the molecule is O=[N+]([O-])c1cccc(OCCSc2ccccn2)c1. The second-order valence-corrected chi connectivity index (χ2v) is 4.73. The molecule has 2 rings (SSSR count). The van der Waals surface area contributed by atoms with Crippen LogP contribution < -0.4 is 4.74 Å². The Balaban J connectivity index is 1.80. The topological polar surface area (TPSA) is 65.3 Å². The van der Waals surface area contributed by atoms with E-state index < -0.39 is 4.92 Å². The number of benzene rings is 1. The molecule has 1 heterocycles. The van der Waals surface area contributed by atoms with Gasteiger partial charge in [-0.2, -0.15) is 0 Å². The van der Waals surface area contributed by atoms with Crippen LogP contribution in [0.2, 0.25) is 0 Å². The van der Waals surface area contributed by atoms with Crippen LogP contribution in [0.15, 0.2) is 53.7 Å². The maximum absolute atomic E-state index is 10.6. The van der Waals surface area contributed by atoms with Crippen molar-refractivity contribution in [3.63, 3.8) is 0 Å². The molecule has 0 bridgehead atoms. The zero-order valence-electron chi connectivity index (χ0n) is 10.1. The van der Waals surface area contributed by atoms with Crippen molar-refractivity contribution in [1.82, 2.24) is 4.98 Å². The summed E-state index contributed by atoms with van der Waals surface area (Å²) in [5.74, 6) is 1.25. The Kier molecular flexibility index (Phi) is 4.74. The predicted molar refractivity (Wildman–Crippen MR) is 73.6 cm³/mol. The molecule has 19 heavy (non-hydrogen) atoms. The molecule has 6 heteroatoms. The van der Waals surface area contributed by atoms with Crippen molar-refractivity contribution in [2.45, 2.75) is 5.03 Å². The van der Waals surface area contributed by atoms with E-state index in [1.807, 2.05) is 18.2 Å². The number of aromatic nitrogens is 1. The van der Waals surface area contributed by atoms with E-state index in [4.69, 9.17) is 4.74 Å². The maximum Gasteiger partial charge on any atom is 0.273 e. The number of non-ortho nitro benzene ring substituents is 1. The first-order chi connectivity index (χ1) is 9.25. The van der Waals surface area contributed by atoms with Gasteiger partial charge < -0.3 is 4.74 Å². The highest BCUT2D eigenvalue weighted by Crippen LogP contribution is 2.20. The van der Waals surface area contributed by atoms with E-state index in [0.717, 1.165) is 10.8 Å². The summed E-state index contributed by atoms with van der Waals surface area (Å²) in [6.45, 7) is 0.475. The van der Waals surface area contributed by atoms with Gasteiger partial charge in [-0.3, -0.25) is 10.1 Å². The Morgan fingerprint density at radius 1 is 1.26 bits per heavy atom. The molecule has 98 valence electrons. The third-order valence-corrected chi connectivity index (χ3v) is 3.18. The summed E-state index contributed by atoms with van der Waals surface area (Å²) in [6.07, 6.45) is 1.74. The number of hydrogen-bond donors (Lipinski definition) is 0. The summed E-state index contributed by atoms with van der Waals surface area (Å²) >= 11 is 1.58.